The highest BCUT2D eigenvalue weighted by Crippen LogP contribution is 2.38. The Morgan fingerprint density at radius 3 is 2.39 bits per heavy atom. The van der Waals surface area contributed by atoms with E-state index in [1.54, 1.807) is 6.07 Å². The summed E-state index contributed by atoms with van der Waals surface area (Å²) in [5.41, 5.74) is 4.52. The zero-order chi connectivity index (χ0) is 31.7. The topological polar surface area (TPSA) is 115 Å². The van der Waals surface area contributed by atoms with Gasteiger partial charge in [0.2, 0.25) is 0 Å². The summed E-state index contributed by atoms with van der Waals surface area (Å²) in [4.78, 5) is 37.8. The molecule has 1 aromatic heterocycles. The Bertz CT molecular complexity index is 1860. The van der Waals surface area contributed by atoms with Gasteiger partial charge in [-0.25, -0.2) is 9.18 Å². The normalized spacial score (nSPS) is 16.2. The lowest BCUT2D eigenvalue weighted by atomic mass is 9.90. The van der Waals surface area contributed by atoms with E-state index in [1.807, 2.05) is 50.2 Å². The Hall–Kier alpha value is -4.54. The van der Waals surface area contributed by atoms with Crippen LogP contribution in [0.2, 0.25) is 0 Å². The number of benzene rings is 3. The van der Waals surface area contributed by atoms with Crippen molar-refractivity contribution in [3.63, 3.8) is 0 Å². The van der Waals surface area contributed by atoms with E-state index in [0.29, 0.717) is 22.6 Å². The number of hydrogen-bond acceptors (Lipinski definition) is 6. The second-order valence-electron chi connectivity index (χ2n) is 11.3. The monoisotopic (exact) mass is 600 g/mol. The van der Waals surface area contributed by atoms with Crippen LogP contribution < -0.4 is 26.6 Å². The SMILES string of the molecule is COc1cc(-c2cccc(-c3cccc(NC(=O)c4cn(C)c(=O)n(C)c4=O)c3C)c2C)cc(F)c1CN[C@@H]1CCC[C@H]1O. The molecular weight excluding hydrogens is 563 g/mol. The summed E-state index contributed by atoms with van der Waals surface area (Å²) >= 11 is 0. The second-order valence-corrected chi connectivity index (χ2v) is 11.3. The van der Waals surface area contributed by atoms with Crippen LogP contribution in [0.1, 0.15) is 46.3 Å². The van der Waals surface area contributed by atoms with Crippen LogP contribution in [-0.4, -0.2) is 39.4 Å². The third-order valence-electron chi connectivity index (χ3n) is 8.60. The maximum absolute atomic E-state index is 15.5. The van der Waals surface area contributed by atoms with Crippen LogP contribution in [0.5, 0.6) is 5.75 Å². The van der Waals surface area contributed by atoms with E-state index in [9.17, 15) is 19.5 Å². The third-order valence-corrected chi connectivity index (χ3v) is 8.60. The molecule has 0 unspecified atom stereocenters. The van der Waals surface area contributed by atoms with Gasteiger partial charge in [0.15, 0.2) is 0 Å². The molecule has 9 nitrogen and oxygen atoms in total. The minimum absolute atomic E-state index is 0.0618. The van der Waals surface area contributed by atoms with Gasteiger partial charge in [-0.05, 0) is 84.7 Å². The van der Waals surface area contributed by atoms with E-state index in [0.717, 1.165) is 51.6 Å². The molecule has 10 heteroatoms. The van der Waals surface area contributed by atoms with Crippen molar-refractivity contribution < 1.29 is 19.0 Å². The number of hydrogen-bond donors (Lipinski definition) is 3. The quantitative estimate of drug-likeness (QED) is 0.276. The molecule has 1 saturated carbocycles. The number of ether oxygens (including phenoxy) is 1. The average Bonchev–Trinajstić information content (AvgIpc) is 3.42. The van der Waals surface area contributed by atoms with Crippen LogP contribution in [-0.2, 0) is 20.6 Å². The number of carbonyl (C=O) groups excluding carboxylic acids is 1. The van der Waals surface area contributed by atoms with Crippen molar-refractivity contribution in [3.8, 4) is 28.0 Å². The Labute approximate surface area is 254 Å². The summed E-state index contributed by atoms with van der Waals surface area (Å²) in [5, 5.41) is 16.2. The first kappa shape index (κ1) is 30.9. The molecule has 0 bridgehead atoms. The summed E-state index contributed by atoms with van der Waals surface area (Å²) in [6.45, 7) is 4.09. The van der Waals surface area contributed by atoms with E-state index in [2.05, 4.69) is 10.6 Å². The first-order valence-corrected chi connectivity index (χ1v) is 14.6. The first-order valence-electron chi connectivity index (χ1n) is 14.6. The molecular formula is C34H37FN4O5. The van der Waals surface area contributed by atoms with Gasteiger partial charge < -0.3 is 25.0 Å². The van der Waals surface area contributed by atoms with Crippen molar-refractivity contribution in [2.45, 2.75) is 51.8 Å². The zero-order valence-corrected chi connectivity index (χ0v) is 25.5. The van der Waals surface area contributed by atoms with E-state index >= 15 is 4.39 Å². The van der Waals surface area contributed by atoms with Gasteiger partial charge >= 0.3 is 5.69 Å². The number of aliphatic hydroxyl groups excluding tert-OH is 1. The summed E-state index contributed by atoms with van der Waals surface area (Å²) in [6, 6.07) is 14.6. The van der Waals surface area contributed by atoms with Crippen LogP contribution in [0.25, 0.3) is 22.3 Å². The van der Waals surface area contributed by atoms with Crippen molar-refractivity contribution in [1.29, 1.82) is 0 Å². The van der Waals surface area contributed by atoms with Gasteiger partial charge in [0, 0.05) is 44.1 Å². The molecule has 1 amide bonds. The van der Waals surface area contributed by atoms with Gasteiger partial charge in [0.1, 0.15) is 17.1 Å². The van der Waals surface area contributed by atoms with Gasteiger partial charge in [-0.15, -0.1) is 0 Å². The van der Waals surface area contributed by atoms with E-state index < -0.39 is 29.1 Å². The molecule has 1 fully saturated rings. The first-order chi connectivity index (χ1) is 21.0. The van der Waals surface area contributed by atoms with Gasteiger partial charge in [0.05, 0.1) is 13.2 Å². The number of aliphatic hydroxyl groups is 1. The fourth-order valence-corrected chi connectivity index (χ4v) is 5.99. The number of carbonyl (C=O) groups is 1. The largest absolute Gasteiger partial charge is 0.496 e. The van der Waals surface area contributed by atoms with E-state index in [1.165, 1.54) is 38.0 Å². The predicted molar refractivity (Wildman–Crippen MR) is 169 cm³/mol. The maximum Gasteiger partial charge on any atom is 0.330 e. The van der Waals surface area contributed by atoms with Crippen molar-refractivity contribution in [2.75, 3.05) is 12.4 Å². The molecule has 44 heavy (non-hydrogen) atoms. The number of halogens is 1. The van der Waals surface area contributed by atoms with Crippen molar-refractivity contribution in [1.82, 2.24) is 14.5 Å². The van der Waals surface area contributed by atoms with Crippen LogP contribution in [0.15, 0.2) is 64.3 Å². The lowest BCUT2D eigenvalue weighted by Gasteiger charge is -2.20. The van der Waals surface area contributed by atoms with Gasteiger partial charge in [-0.1, -0.05) is 30.3 Å². The molecule has 0 saturated heterocycles. The average molecular weight is 601 g/mol. The number of anilines is 1. The van der Waals surface area contributed by atoms with Crippen LogP contribution >= 0.6 is 0 Å². The van der Waals surface area contributed by atoms with Gasteiger partial charge in [0.25, 0.3) is 11.5 Å². The molecule has 4 aromatic rings. The highest BCUT2D eigenvalue weighted by Gasteiger charge is 2.26. The van der Waals surface area contributed by atoms with E-state index in [4.69, 9.17) is 4.74 Å². The number of rotatable bonds is 8. The summed E-state index contributed by atoms with van der Waals surface area (Å²) < 4.78 is 23.2. The lowest BCUT2D eigenvalue weighted by molar-refractivity contribution is 0.102. The number of nitrogens with one attached hydrogen (secondary N) is 2. The molecule has 1 heterocycles. The predicted octanol–water partition coefficient (Wildman–Crippen LogP) is 4.44. The Kier molecular flexibility index (Phi) is 8.85. The highest BCUT2D eigenvalue weighted by atomic mass is 19.1. The fourth-order valence-electron chi connectivity index (χ4n) is 5.99. The van der Waals surface area contributed by atoms with Gasteiger partial charge in [-0.3, -0.25) is 14.2 Å². The van der Waals surface area contributed by atoms with Crippen LogP contribution in [0.4, 0.5) is 10.1 Å². The Morgan fingerprint density at radius 1 is 1.02 bits per heavy atom. The van der Waals surface area contributed by atoms with Crippen LogP contribution in [0.3, 0.4) is 0 Å². The van der Waals surface area contributed by atoms with Crippen molar-refractivity contribution in [3.05, 3.63) is 104 Å². The zero-order valence-electron chi connectivity index (χ0n) is 25.5. The maximum atomic E-state index is 15.5. The fraction of sp³-hybridized carbons (Fsp3) is 0.324. The minimum atomic E-state index is -0.677. The molecule has 1 aliphatic rings. The molecule has 3 aromatic carbocycles. The summed E-state index contributed by atoms with van der Waals surface area (Å²) in [6.07, 6.45) is 3.35. The molecule has 0 spiro atoms. The molecule has 0 radical (unpaired) electrons. The second kappa shape index (κ2) is 12.6. The standard InChI is InChI=1S/C34H37FN4O5/c1-19-22(21-15-27(35)25(31(16-21)44-5)17-36-29-13-8-14-30(29)40)9-6-10-23(19)24-11-7-12-28(20(24)2)37-32(41)26-18-38(3)34(43)39(4)33(26)42/h6-7,9-12,15-16,18,29-30,36,40H,8,13-14,17H2,1-5H3,(H,37,41)/t29-,30-/m1/s1. The number of aryl methyl sites for hydroxylation is 1. The van der Waals surface area contributed by atoms with Gasteiger partial charge in [-0.2, -0.15) is 0 Å². The smallest absolute Gasteiger partial charge is 0.330 e. The number of methoxy groups -OCH3 is 1. The summed E-state index contributed by atoms with van der Waals surface area (Å²) in [5.74, 6) is -0.587. The number of amides is 1. The van der Waals surface area contributed by atoms with Crippen LogP contribution in [0, 0.1) is 19.7 Å². The molecule has 2 atom stereocenters. The Balaban J connectivity index is 1.46. The minimum Gasteiger partial charge on any atom is -0.496 e. The lowest BCUT2D eigenvalue weighted by Crippen LogP contribution is -2.40. The van der Waals surface area contributed by atoms with Crippen molar-refractivity contribution >= 4 is 11.6 Å². The molecule has 1 aliphatic carbocycles. The molecule has 230 valence electrons. The van der Waals surface area contributed by atoms with E-state index in [-0.39, 0.29) is 18.2 Å². The third kappa shape index (κ3) is 5.82. The summed E-state index contributed by atoms with van der Waals surface area (Å²) in [7, 11) is 4.33. The Morgan fingerprint density at radius 2 is 1.70 bits per heavy atom. The molecule has 0 aliphatic heterocycles. The molecule has 5 rings (SSSR count). The number of nitrogens with zero attached hydrogens (tertiary/aromatic N) is 2. The molecule has 3 N–H and O–H groups in total. The highest BCUT2D eigenvalue weighted by molar-refractivity contribution is 6.04. The van der Waals surface area contributed by atoms with Crippen molar-refractivity contribution in [2.24, 2.45) is 14.1 Å². The number of aromatic nitrogens is 2.